The number of nitrogens with one attached hydrogen (secondary N) is 1. The molecule has 0 aliphatic carbocycles. The number of carbonyl (C=O) groups is 1. The largest absolute Gasteiger partial charge is 0.357 e. The molecule has 1 saturated heterocycles. The zero-order valence-electron chi connectivity index (χ0n) is 13.4. The van der Waals surface area contributed by atoms with Gasteiger partial charge in [0.2, 0.25) is 0 Å². The van der Waals surface area contributed by atoms with Crippen LogP contribution in [0, 0.1) is 5.92 Å². The molecular formula is C18H19Cl2N3O. The van der Waals surface area contributed by atoms with E-state index in [1.807, 2.05) is 6.07 Å². The van der Waals surface area contributed by atoms with Crippen LogP contribution in [0.25, 0.3) is 0 Å². The maximum absolute atomic E-state index is 12.5. The summed E-state index contributed by atoms with van der Waals surface area (Å²) in [5, 5.41) is 3.55. The van der Waals surface area contributed by atoms with Crippen LogP contribution in [-0.4, -0.2) is 24.0 Å². The second-order valence-electron chi connectivity index (χ2n) is 6.13. The molecule has 0 unspecified atom stereocenters. The number of halogens is 2. The second-order valence-corrected chi connectivity index (χ2v) is 6.91. The highest BCUT2D eigenvalue weighted by molar-refractivity contribution is 6.44. The van der Waals surface area contributed by atoms with Crippen LogP contribution in [0.5, 0.6) is 0 Å². The van der Waals surface area contributed by atoms with Crippen LogP contribution in [0.1, 0.15) is 30.1 Å². The fourth-order valence-electron chi connectivity index (χ4n) is 2.77. The summed E-state index contributed by atoms with van der Waals surface area (Å²) in [6.07, 6.45) is 3.97. The van der Waals surface area contributed by atoms with Gasteiger partial charge in [-0.25, -0.2) is 4.98 Å². The van der Waals surface area contributed by atoms with Crippen LogP contribution in [0.2, 0.25) is 10.0 Å². The van der Waals surface area contributed by atoms with Crippen molar-refractivity contribution in [2.24, 2.45) is 5.92 Å². The van der Waals surface area contributed by atoms with E-state index in [0.717, 1.165) is 37.7 Å². The number of piperidine rings is 1. The molecule has 6 heteroatoms. The minimum atomic E-state index is -0.229. The molecule has 1 aliphatic heterocycles. The maximum Gasteiger partial charge on any atom is 0.255 e. The van der Waals surface area contributed by atoms with Crippen LogP contribution in [0.4, 0.5) is 11.5 Å². The molecule has 1 aromatic carbocycles. The summed E-state index contributed by atoms with van der Waals surface area (Å²) in [6, 6.07) is 8.67. The van der Waals surface area contributed by atoms with Crippen molar-refractivity contribution in [3.63, 3.8) is 0 Å². The first kappa shape index (κ1) is 17.1. The second kappa shape index (κ2) is 7.41. The van der Waals surface area contributed by atoms with E-state index in [0.29, 0.717) is 21.3 Å². The molecule has 0 spiro atoms. The van der Waals surface area contributed by atoms with Gasteiger partial charge in [-0.3, -0.25) is 4.79 Å². The fourth-order valence-corrected chi connectivity index (χ4v) is 3.11. The quantitative estimate of drug-likeness (QED) is 0.845. The Balaban J connectivity index is 1.76. The lowest BCUT2D eigenvalue weighted by molar-refractivity contribution is 0.102. The summed E-state index contributed by atoms with van der Waals surface area (Å²) in [5.41, 5.74) is 1.05. The molecule has 0 saturated carbocycles. The summed E-state index contributed by atoms with van der Waals surface area (Å²) in [7, 11) is 0. The Hall–Kier alpha value is -1.78. The molecule has 126 valence electrons. The lowest BCUT2D eigenvalue weighted by Gasteiger charge is -2.31. The SMILES string of the molecule is CC1CCN(c2cc(C(=O)Nc3cccc(Cl)c3Cl)ccn2)CC1. The Morgan fingerprint density at radius 1 is 1.25 bits per heavy atom. The van der Waals surface area contributed by atoms with Gasteiger partial charge < -0.3 is 10.2 Å². The fraction of sp³-hybridized carbons (Fsp3) is 0.333. The highest BCUT2D eigenvalue weighted by Crippen LogP contribution is 2.30. The van der Waals surface area contributed by atoms with Crippen molar-refractivity contribution in [1.29, 1.82) is 0 Å². The molecule has 24 heavy (non-hydrogen) atoms. The summed E-state index contributed by atoms with van der Waals surface area (Å²) < 4.78 is 0. The van der Waals surface area contributed by atoms with E-state index in [-0.39, 0.29) is 5.91 Å². The van der Waals surface area contributed by atoms with Gasteiger partial charge in [0, 0.05) is 24.8 Å². The number of hydrogen-bond acceptors (Lipinski definition) is 3. The molecule has 1 fully saturated rings. The van der Waals surface area contributed by atoms with Crippen molar-refractivity contribution in [3.8, 4) is 0 Å². The van der Waals surface area contributed by atoms with Gasteiger partial charge >= 0.3 is 0 Å². The lowest BCUT2D eigenvalue weighted by atomic mass is 9.99. The maximum atomic E-state index is 12.5. The van der Waals surface area contributed by atoms with Gasteiger partial charge in [0.15, 0.2) is 0 Å². The Bertz CT molecular complexity index is 743. The van der Waals surface area contributed by atoms with Gasteiger partial charge in [-0.15, -0.1) is 0 Å². The van der Waals surface area contributed by atoms with Crippen molar-refractivity contribution in [2.75, 3.05) is 23.3 Å². The van der Waals surface area contributed by atoms with E-state index in [9.17, 15) is 4.79 Å². The minimum absolute atomic E-state index is 0.229. The number of aromatic nitrogens is 1. The summed E-state index contributed by atoms with van der Waals surface area (Å²) in [5.74, 6) is 1.36. The molecule has 1 aliphatic rings. The van der Waals surface area contributed by atoms with Crippen molar-refractivity contribution in [3.05, 3.63) is 52.1 Å². The summed E-state index contributed by atoms with van der Waals surface area (Å²) >= 11 is 12.1. The smallest absolute Gasteiger partial charge is 0.255 e. The molecule has 2 heterocycles. The predicted molar refractivity (Wildman–Crippen MR) is 99.3 cm³/mol. The lowest BCUT2D eigenvalue weighted by Crippen LogP contribution is -2.33. The van der Waals surface area contributed by atoms with Crippen LogP contribution < -0.4 is 10.2 Å². The molecule has 1 amide bonds. The van der Waals surface area contributed by atoms with Crippen LogP contribution >= 0.6 is 23.2 Å². The third-order valence-electron chi connectivity index (χ3n) is 4.32. The van der Waals surface area contributed by atoms with Gasteiger partial charge in [-0.2, -0.15) is 0 Å². The molecular weight excluding hydrogens is 345 g/mol. The Kier molecular flexibility index (Phi) is 5.27. The molecule has 0 atom stereocenters. The van der Waals surface area contributed by atoms with Crippen LogP contribution in [-0.2, 0) is 0 Å². The molecule has 1 N–H and O–H groups in total. The number of hydrogen-bond donors (Lipinski definition) is 1. The average Bonchev–Trinajstić information content (AvgIpc) is 2.60. The van der Waals surface area contributed by atoms with Crippen molar-refractivity contribution in [2.45, 2.75) is 19.8 Å². The van der Waals surface area contributed by atoms with E-state index >= 15 is 0 Å². The number of nitrogens with zero attached hydrogens (tertiary/aromatic N) is 2. The first-order valence-corrected chi connectivity index (χ1v) is 8.76. The third kappa shape index (κ3) is 3.82. The van der Waals surface area contributed by atoms with Gasteiger partial charge in [0.25, 0.3) is 5.91 Å². The highest BCUT2D eigenvalue weighted by atomic mass is 35.5. The van der Waals surface area contributed by atoms with Crippen molar-refractivity contribution in [1.82, 2.24) is 4.98 Å². The molecule has 0 radical (unpaired) electrons. The number of anilines is 2. The van der Waals surface area contributed by atoms with E-state index in [4.69, 9.17) is 23.2 Å². The Morgan fingerprint density at radius 2 is 2.00 bits per heavy atom. The standard InChI is InChI=1S/C18H19Cl2N3O/c1-12-6-9-23(10-7-12)16-11-13(5-8-21-16)18(24)22-15-4-2-3-14(19)17(15)20/h2-5,8,11-12H,6-7,9-10H2,1H3,(H,22,24). The van der Waals surface area contributed by atoms with Crippen molar-refractivity contribution < 1.29 is 4.79 Å². The molecule has 1 aromatic heterocycles. The molecule has 4 nitrogen and oxygen atoms in total. The Morgan fingerprint density at radius 3 is 2.75 bits per heavy atom. The number of rotatable bonds is 3. The summed E-state index contributed by atoms with van der Waals surface area (Å²) in [4.78, 5) is 19.1. The zero-order valence-corrected chi connectivity index (χ0v) is 14.9. The normalized spacial score (nSPS) is 15.4. The number of carbonyl (C=O) groups excluding carboxylic acids is 1. The van der Waals surface area contributed by atoms with Gasteiger partial charge in [0.1, 0.15) is 5.82 Å². The zero-order chi connectivity index (χ0) is 17.1. The number of benzene rings is 1. The highest BCUT2D eigenvalue weighted by Gasteiger charge is 2.18. The molecule has 0 bridgehead atoms. The number of pyridine rings is 1. The van der Waals surface area contributed by atoms with E-state index in [1.165, 1.54) is 0 Å². The first-order chi connectivity index (χ1) is 11.5. The van der Waals surface area contributed by atoms with E-state index < -0.39 is 0 Å². The third-order valence-corrected chi connectivity index (χ3v) is 5.13. The minimum Gasteiger partial charge on any atom is -0.357 e. The van der Waals surface area contributed by atoms with Crippen LogP contribution in [0.3, 0.4) is 0 Å². The van der Waals surface area contributed by atoms with Crippen LogP contribution in [0.15, 0.2) is 36.5 Å². The van der Waals surface area contributed by atoms with Crippen molar-refractivity contribution >= 4 is 40.6 Å². The Labute approximate surface area is 151 Å². The topological polar surface area (TPSA) is 45.2 Å². The van der Waals surface area contributed by atoms with Gasteiger partial charge in [-0.05, 0) is 43.0 Å². The monoisotopic (exact) mass is 363 g/mol. The average molecular weight is 364 g/mol. The number of amides is 1. The summed E-state index contributed by atoms with van der Waals surface area (Å²) in [6.45, 7) is 4.21. The van der Waals surface area contributed by atoms with E-state index in [1.54, 1.807) is 30.5 Å². The first-order valence-electron chi connectivity index (χ1n) is 8.01. The van der Waals surface area contributed by atoms with Gasteiger partial charge in [-0.1, -0.05) is 36.2 Å². The predicted octanol–water partition coefficient (Wildman–Crippen LogP) is 4.88. The van der Waals surface area contributed by atoms with E-state index in [2.05, 4.69) is 22.1 Å². The molecule has 3 rings (SSSR count). The molecule has 2 aromatic rings. The van der Waals surface area contributed by atoms with Gasteiger partial charge in [0.05, 0.1) is 15.7 Å².